The number of Topliss-reactive ketones (excluding diaryl/α,β-unsaturated/α-hetero) is 1. The molecule has 150 valence electrons. The molecule has 0 aromatic heterocycles. The molecule has 0 N–H and O–H groups in total. The average molecular weight is 392 g/mol. The molecule has 2 aliphatic rings. The quantitative estimate of drug-likeness (QED) is 0.704. The van der Waals surface area contributed by atoms with Gasteiger partial charge in [0.25, 0.3) is 0 Å². The third kappa shape index (κ3) is 5.34. The van der Waals surface area contributed by atoms with Crippen molar-refractivity contribution in [3.05, 3.63) is 29.8 Å². The van der Waals surface area contributed by atoms with Crippen LogP contribution in [0.15, 0.2) is 24.3 Å². The number of sulfone groups is 1. The lowest BCUT2D eigenvalue weighted by molar-refractivity contribution is -0.123. The van der Waals surface area contributed by atoms with Crippen LogP contribution in [0.4, 0.5) is 5.69 Å². The molecule has 4 nitrogen and oxygen atoms in total. The van der Waals surface area contributed by atoms with E-state index in [9.17, 15) is 13.2 Å². The molecule has 1 heterocycles. The Kier molecular flexibility index (Phi) is 6.61. The van der Waals surface area contributed by atoms with Gasteiger partial charge < -0.3 is 4.90 Å². The Morgan fingerprint density at radius 1 is 1.04 bits per heavy atom. The lowest BCUT2D eigenvalue weighted by Gasteiger charge is -2.28. The van der Waals surface area contributed by atoms with Crippen molar-refractivity contribution in [2.75, 3.05) is 23.7 Å². The molecular formula is C22H33NO3S. The molecule has 1 aliphatic heterocycles. The molecule has 27 heavy (non-hydrogen) atoms. The van der Waals surface area contributed by atoms with Gasteiger partial charge in [-0.3, -0.25) is 4.79 Å². The molecule has 0 amide bonds. The van der Waals surface area contributed by atoms with Crippen LogP contribution in [0.25, 0.3) is 0 Å². The molecule has 1 aromatic rings. The molecule has 0 spiro atoms. The number of hydrogen-bond acceptors (Lipinski definition) is 4. The average Bonchev–Trinajstić information content (AvgIpc) is 3.17. The summed E-state index contributed by atoms with van der Waals surface area (Å²) < 4.78 is 24.2. The maximum Gasteiger partial charge on any atom is 0.152 e. The molecule has 0 atom stereocenters. The zero-order valence-corrected chi connectivity index (χ0v) is 17.5. The van der Waals surface area contributed by atoms with Crippen molar-refractivity contribution >= 4 is 21.3 Å². The molecule has 0 radical (unpaired) electrons. The molecule has 1 aliphatic carbocycles. The number of hydrogen-bond donors (Lipinski definition) is 0. The fraction of sp³-hybridized carbons (Fsp3) is 0.682. The van der Waals surface area contributed by atoms with Gasteiger partial charge in [-0.15, -0.1) is 0 Å². The van der Waals surface area contributed by atoms with Crippen LogP contribution in [0, 0.1) is 11.8 Å². The number of rotatable bonds is 7. The molecule has 2 fully saturated rings. The zero-order chi connectivity index (χ0) is 19.4. The standard InChI is InChI=1S/C22H33NO3S/c1-17(2)27(25,26)16-19-5-9-20(10-6-19)22(24)15-18-7-11-21(12-8-18)23-13-3-4-14-23/h7-8,11-12,17,19-20H,3-6,9-10,13-16H2,1-2H3. The first-order valence-electron chi connectivity index (χ1n) is 10.4. The predicted octanol–water partition coefficient (Wildman–Crippen LogP) is 4.03. The van der Waals surface area contributed by atoms with Crippen molar-refractivity contribution in [2.24, 2.45) is 11.8 Å². The van der Waals surface area contributed by atoms with E-state index in [1.54, 1.807) is 13.8 Å². The van der Waals surface area contributed by atoms with Crippen molar-refractivity contribution in [1.29, 1.82) is 0 Å². The first-order valence-corrected chi connectivity index (χ1v) is 12.1. The number of nitrogens with zero attached hydrogens (tertiary/aromatic N) is 1. The van der Waals surface area contributed by atoms with Crippen LogP contribution in [0.2, 0.25) is 0 Å². The van der Waals surface area contributed by atoms with Gasteiger partial charge in [-0.1, -0.05) is 12.1 Å². The van der Waals surface area contributed by atoms with Crippen molar-refractivity contribution < 1.29 is 13.2 Å². The molecule has 0 bridgehead atoms. The van der Waals surface area contributed by atoms with Crippen molar-refractivity contribution in [3.63, 3.8) is 0 Å². The maximum absolute atomic E-state index is 12.7. The summed E-state index contributed by atoms with van der Waals surface area (Å²) in [4.78, 5) is 15.1. The molecule has 1 saturated carbocycles. The molecular weight excluding hydrogens is 358 g/mol. The Morgan fingerprint density at radius 3 is 2.19 bits per heavy atom. The van der Waals surface area contributed by atoms with Crippen molar-refractivity contribution in [3.8, 4) is 0 Å². The number of carbonyl (C=O) groups excluding carboxylic acids is 1. The fourth-order valence-corrected chi connectivity index (χ4v) is 5.69. The van der Waals surface area contributed by atoms with Crippen molar-refractivity contribution in [1.82, 2.24) is 0 Å². The minimum absolute atomic E-state index is 0.0984. The van der Waals surface area contributed by atoms with Crippen molar-refractivity contribution in [2.45, 2.75) is 64.0 Å². The van der Waals surface area contributed by atoms with Gasteiger partial charge in [0.15, 0.2) is 9.84 Å². The van der Waals surface area contributed by atoms with Crippen LogP contribution >= 0.6 is 0 Å². The van der Waals surface area contributed by atoms with E-state index >= 15 is 0 Å². The highest BCUT2D eigenvalue weighted by atomic mass is 32.2. The van der Waals surface area contributed by atoms with Gasteiger partial charge in [0, 0.05) is 31.1 Å². The SMILES string of the molecule is CC(C)S(=O)(=O)CC1CCC(C(=O)Cc2ccc(N3CCCC3)cc2)CC1. The van der Waals surface area contributed by atoms with Gasteiger partial charge in [-0.25, -0.2) is 8.42 Å². The summed E-state index contributed by atoms with van der Waals surface area (Å²) >= 11 is 0. The van der Waals surface area contributed by atoms with Crippen LogP contribution in [-0.4, -0.2) is 38.3 Å². The molecule has 0 unspecified atom stereocenters. The van der Waals surface area contributed by atoms with Crippen LogP contribution in [0.3, 0.4) is 0 Å². The zero-order valence-electron chi connectivity index (χ0n) is 16.7. The summed E-state index contributed by atoms with van der Waals surface area (Å²) in [5.41, 5.74) is 2.35. The Balaban J connectivity index is 1.48. The fourth-order valence-electron chi connectivity index (χ4n) is 4.32. The largest absolute Gasteiger partial charge is 0.372 e. The number of benzene rings is 1. The Bertz CT molecular complexity index is 725. The van der Waals surface area contributed by atoms with E-state index in [1.165, 1.54) is 18.5 Å². The van der Waals surface area contributed by atoms with Gasteiger partial charge in [-0.2, -0.15) is 0 Å². The highest BCUT2D eigenvalue weighted by molar-refractivity contribution is 7.91. The van der Waals surface area contributed by atoms with Crippen LogP contribution in [-0.2, 0) is 21.1 Å². The first-order chi connectivity index (χ1) is 12.8. The molecule has 1 aromatic carbocycles. The van der Waals surface area contributed by atoms with E-state index < -0.39 is 9.84 Å². The van der Waals surface area contributed by atoms with Crippen LogP contribution in [0.5, 0.6) is 0 Å². The minimum atomic E-state index is -2.98. The van der Waals surface area contributed by atoms with Crippen LogP contribution < -0.4 is 4.90 Å². The highest BCUT2D eigenvalue weighted by Gasteiger charge is 2.30. The molecule has 3 rings (SSSR count). The Morgan fingerprint density at radius 2 is 1.63 bits per heavy atom. The maximum atomic E-state index is 12.7. The summed E-state index contributed by atoms with van der Waals surface area (Å²) in [6, 6.07) is 8.46. The monoisotopic (exact) mass is 391 g/mol. The van der Waals surface area contributed by atoms with E-state index in [0.29, 0.717) is 12.2 Å². The minimum Gasteiger partial charge on any atom is -0.372 e. The summed E-state index contributed by atoms with van der Waals surface area (Å²) in [6.07, 6.45) is 6.42. The number of ketones is 1. The second kappa shape index (κ2) is 8.76. The first kappa shape index (κ1) is 20.4. The van der Waals surface area contributed by atoms with Gasteiger partial charge in [-0.05, 0) is 76.0 Å². The van der Waals surface area contributed by atoms with Gasteiger partial charge >= 0.3 is 0 Å². The third-order valence-corrected chi connectivity index (χ3v) is 8.65. The predicted molar refractivity (Wildman–Crippen MR) is 111 cm³/mol. The number of anilines is 1. The summed E-state index contributed by atoms with van der Waals surface area (Å²) in [5, 5.41) is -0.305. The van der Waals surface area contributed by atoms with E-state index in [0.717, 1.165) is 44.3 Å². The van der Waals surface area contributed by atoms with E-state index in [-0.39, 0.29) is 22.8 Å². The summed E-state index contributed by atoms with van der Waals surface area (Å²) in [5.74, 6) is 0.917. The summed E-state index contributed by atoms with van der Waals surface area (Å²) in [6.45, 7) is 5.76. The smallest absolute Gasteiger partial charge is 0.152 e. The van der Waals surface area contributed by atoms with Crippen LogP contribution in [0.1, 0.15) is 57.9 Å². The second-order valence-corrected chi connectivity index (χ2v) is 11.2. The topological polar surface area (TPSA) is 54.5 Å². The third-order valence-electron chi connectivity index (χ3n) is 6.27. The summed E-state index contributed by atoms with van der Waals surface area (Å²) in [7, 11) is -2.98. The normalized spacial score (nSPS) is 23.7. The lowest BCUT2D eigenvalue weighted by Crippen LogP contribution is -2.29. The second-order valence-electron chi connectivity index (χ2n) is 8.60. The van der Waals surface area contributed by atoms with E-state index in [2.05, 4.69) is 29.2 Å². The number of carbonyl (C=O) groups is 1. The highest BCUT2D eigenvalue weighted by Crippen LogP contribution is 2.32. The lowest BCUT2D eigenvalue weighted by atomic mass is 9.79. The van der Waals surface area contributed by atoms with E-state index in [1.807, 2.05) is 0 Å². The van der Waals surface area contributed by atoms with Gasteiger partial charge in [0.05, 0.1) is 11.0 Å². The van der Waals surface area contributed by atoms with Gasteiger partial charge in [0.2, 0.25) is 0 Å². The molecule has 5 heteroatoms. The Hall–Kier alpha value is -1.36. The van der Waals surface area contributed by atoms with Gasteiger partial charge in [0.1, 0.15) is 5.78 Å². The van der Waals surface area contributed by atoms with E-state index in [4.69, 9.17) is 0 Å². The Labute approximate surface area is 164 Å². The molecule has 1 saturated heterocycles.